The highest BCUT2D eigenvalue weighted by Crippen LogP contribution is 2.17. The minimum Gasteiger partial charge on any atom is -0.367 e. The van der Waals surface area contributed by atoms with Gasteiger partial charge in [0.1, 0.15) is 6.10 Å². The number of ether oxygens (including phenoxy) is 1. The van der Waals surface area contributed by atoms with Gasteiger partial charge in [-0.3, -0.25) is 4.79 Å². The van der Waals surface area contributed by atoms with Crippen molar-refractivity contribution in [2.45, 2.75) is 13.0 Å². The molecule has 74 valence electrons. The van der Waals surface area contributed by atoms with E-state index < -0.39 is 0 Å². The van der Waals surface area contributed by atoms with Gasteiger partial charge in [-0.2, -0.15) is 0 Å². The zero-order valence-corrected chi connectivity index (χ0v) is 8.14. The third kappa shape index (κ3) is 1.63. The molecule has 0 aromatic heterocycles. The summed E-state index contributed by atoms with van der Waals surface area (Å²) in [6.07, 6.45) is -0.316. The minimum atomic E-state index is -0.316. The van der Waals surface area contributed by atoms with Crippen LogP contribution in [0.4, 0.5) is 5.69 Å². The van der Waals surface area contributed by atoms with E-state index >= 15 is 0 Å². The predicted octanol–water partition coefficient (Wildman–Crippen LogP) is 1.44. The van der Waals surface area contributed by atoms with Crippen LogP contribution in [0.2, 0.25) is 0 Å². The standard InChI is InChI=1S/C11H13NO2/c1-9-11(13)12(7-8-14-9)10-5-3-2-4-6-10/h2-6,9H,7-8H2,1H3. The van der Waals surface area contributed by atoms with Crippen molar-refractivity contribution in [3.05, 3.63) is 30.3 Å². The number of morpholine rings is 1. The number of amides is 1. The first-order valence-corrected chi connectivity index (χ1v) is 4.77. The first kappa shape index (κ1) is 9.21. The molecular weight excluding hydrogens is 178 g/mol. The van der Waals surface area contributed by atoms with Crippen molar-refractivity contribution in [1.29, 1.82) is 0 Å². The molecule has 2 rings (SSSR count). The Balaban J connectivity index is 2.22. The van der Waals surface area contributed by atoms with Crippen LogP contribution >= 0.6 is 0 Å². The molecule has 1 fully saturated rings. The largest absolute Gasteiger partial charge is 0.367 e. The summed E-state index contributed by atoms with van der Waals surface area (Å²) in [6, 6.07) is 9.69. The lowest BCUT2D eigenvalue weighted by molar-refractivity contribution is -0.132. The van der Waals surface area contributed by atoms with Crippen molar-refractivity contribution < 1.29 is 9.53 Å². The second kappa shape index (κ2) is 3.80. The molecule has 3 nitrogen and oxygen atoms in total. The fraction of sp³-hybridized carbons (Fsp3) is 0.364. The molecule has 1 amide bonds. The number of benzene rings is 1. The summed E-state index contributed by atoms with van der Waals surface area (Å²) in [5.41, 5.74) is 0.952. The quantitative estimate of drug-likeness (QED) is 0.672. The van der Waals surface area contributed by atoms with Gasteiger partial charge < -0.3 is 9.64 Å². The second-order valence-corrected chi connectivity index (χ2v) is 3.34. The van der Waals surface area contributed by atoms with Crippen molar-refractivity contribution >= 4 is 11.6 Å². The summed E-state index contributed by atoms with van der Waals surface area (Å²) in [4.78, 5) is 13.5. The Kier molecular flexibility index (Phi) is 2.50. The maximum atomic E-state index is 11.7. The Hall–Kier alpha value is -1.35. The molecule has 0 spiro atoms. The normalized spacial score (nSPS) is 22.5. The number of rotatable bonds is 1. The van der Waals surface area contributed by atoms with Gasteiger partial charge in [-0.1, -0.05) is 18.2 Å². The zero-order chi connectivity index (χ0) is 9.97. The predicted molar refractivity (Wildman–Crippen MR) is 54.2 cm³/mol. The minimum absolute atomic E-state index is 0.0439. The Bertz CT molecular complexity index is 323. The molecular formula is C11H13NO2. The van der Waals surface area contributed by atoms with E-state index in [1.807, 2.05) is 30.3 Å². The van der Waals surface area contributed by atoms with E-state index in [4.69, 9.17) is 4.74 Å². The molecule has 0 bridgehead atoms. The van der Waals surface area contributed by atoms with Gasteiger partial charge in [-0.15, -0.1) is 0 Å². The number of carbonyl (C=O) groups is 1. The topological polar surface area (TPSA) is 29.5 Å². The van der Waals surface area contributed by atoms with Gasteiger partial charge in [0.15, 0.2) is 0 Å². The average Bonchev–Trinajstić information content (AvgIpc) is 2.23. The molecule has 0 radical (unpaired) electrons. The third-order valence-electron chi connectivity index (χ3n) is 2.36. The SMILES string of the molecule is CC1OCCN(c2ccccc2)C1=O. The van der Waals surface area contributed by atoms with Gasteiger partial charge in [0.05, 0.1) is 6.61 Å². The van der Waals surface area contributed by atoms with E-state index in [0.29, 0.717) is 13.2 Å². The first-order valence-electron chi connectivity index (χ1n) is 4.77. The fourth-order valence-corrected chi connectivity index (χ4v) is 1.59. The lowest BCUT2D eigenvalue weighted by Gasteiger charge is -2.30. The molecule has 14 heavy (non-hydrogen) atoms. The average molecular weight is 191 g/mol. The molecule has 1 heterocycles. The lowest BCUT2D eigenvalue weighted by atomic mass is 10.2. The van der Waals surface area contributed by atoms with Crippen molar-refractivity contribution in [1.82, 2.24) is 0 Å². The summed E-state index contributed by atoms with van der Waals surface area (Å²) in [5.74, 6) is 0.0439. The molecule has 1 aliphatic rings. The Morgan fingerprint density at radius 3 is 2.79 bits per heavy atom. The van der Waals surface area contributed by atoms with Crippen molar-refractivity contribution in [2.75, 3.05) is 18.1 Å². The van der Waals surface area contributed by atoms with Crippen molar-refractivity contribution in [3.63, 3.8) is 0 Å². The van der Waals surface area contributed by atoms with Gasteiger partial charge in [0, 0.05) is 12.2 Å². The van der Waals surface area contributed by atoms with Crippen LogP contribution in [0.3, 0.4) is 0 Å². The number of para-hydroxylation sites is 1. The molecule has 1 aromatic carbocycles. The summed E-state index contributed by atoms with van der Waals surface area (Å²) < 4.78 is 5.25. The lowest BCUT2D eigenvalue weighted by Crippen LogP contribution is -2.46. The van der Waals surface area contributed by atoms with E-state index in [-0.39, 0.29) is 12.0 Å². The Labute approximate surface area is 83.3 Å². The summed E-state index contributed by atoms with van der Waals surface area (Å²) in [7, 11) is 0. The van der Waals surface area contributed by atoms with E-state index in [2.05, 4.69) is 0 Å². The van der Waals surface area contributed by atoms with Crippen molar-refractivity contribution in [3.8, 4) is 0 Å². The Morgan fingerprint density at radius 2 is 2.07 bits per heavy atom. The first-order chi connectivity index (χ1) is 6.79. The van der Waals surface area contributed by atoms with Crippen LogP contribution in [0.1, 0.15) is 6.92 Å². The highest BCUT2D eigenvalue weighted by Gasteiger charge is 2.26. The highest BCUT2D eigenvalue weighted by molar-refractivity contribution is 5.96. The highest BCUT2D eigenvalue weighted by atomic mass is 16.5. The van der Waals surface area contributed by atoms with Gasteiger partial charge in [0.2, 0.25) is 0 Å². The van der Waals surface area contributed by atoms with Crippen LogP contribution in [0.25, 0.3) is 0 Å². The van der Waals surface area contributed by atoms with Crippen LogP contribution in [-0.4, -0.2) is 25.2 Å². The molecule has 3 heteroatoms. The van der Waals surface area contributed by atoms with Crippen molar-refractivity contribution in [2.24, 2.45) is 0 Å². The maximum Gasteiger partial charge on any atom is 0.255 e. The Morgan fingerprint density at radius 1 is 1.36 bits per heavy atom. The van der Waals surface area contributed by atoms with Crippen LogP contribution in [0.15, 0.2) is 30.3 Å². The summed E-state index contributed by atoms with van der Waals surface area (Å²) in [5, 5.41) is 0. The molecule has 0 N–H and O–H groups in total. The molecule has 0 aliphatic carbocycles. The van der Waals surface area contributed by atoms with E-state index in [1.165, 1.54) is 0 Å². The molecule has 1 saturated heterocycles. The van der Waals surface area contributed by atoms with Gasteiger partial charge in [-0.25, -0.2) is 0 Å². The van der Waals surface area contributed by atoms with E-state index in [0.717, 1.165) is 5.69 Å². The molecule has 0 saturated carbocycles. The number of carbonyl (C=O) groups excluding carboxylic acids is 1. The molecule has 1 aliphatic heterocycles. The summed E-state index contributed by atoms with van der Waals surface area (Å²) in [6.45, 7) is 3.05. The van der Waals surface area contributed by atoms with Crippen LogP contribution in [0.5, 0.6) is 0 Å². The molecule has 1 aromatic rings. The van der Waals surface area contributed by atoms with E-state index in [9.17, 15) is 4.79 Å². The van der Waals surface area contributed by atoms with E-state index in [1.54, 1.807) is 11.8 Å². The van der Waals surface area contributed by atoms with Gasteiger partial charge in [0.25, 0.3) is 5.91 Å². The van der Waals surface area contributed by atoms with Gasteiger partial charge >= 0.3 is 0 Å². The van der Waals surface area contributed by atoms with Crippen LogP contribution < -0.4 is 4.90 Å². The third-order valence-corrected chi connectivity index (χ3v) is 2.36. The number of nitrogens with zero attached hydrogens (tertiary/aromatic N) is 1. The fourth-order valence-electron chi connectivity index (χ4n) is 1.59. The maximum absolute atomic E-state index is 11.7. The number of hydrogen-bond acceptors (Lipinski definition) is 2. The monoisotopic (exact) mass is 191 g/mol. The van der Waals surface area contributed by atoms with Crippen LogP contribution in [-0.2, 0) is 9.53 Å². The number of hydrogen-bond donors (Lipinski definition) is 0. The zero-order valence-electron chi connectivity index (χ0n) is 8.14. The smallest absolute Gasteiger partial charge is 0.255 e. The molecule has 1 unspecified atom stereocenters. The van der Waals surface area contributed by atoms with Crippen LogP contribution in [0, 0.1) is 0 Å². The van der Waals surface area contributed by atoms with Gasteiger partial charge in [-0.05, 0) is 19.1 Å². The second-order valence-electron chi connectivity index (χ2n) is 3.34. The molecule has 1 atom stereocenters. The summed E-state index contributed by atoms with van der Waals surface area (Å²) >= 11 is 0. The number of anilines is 1.